The van der Waals surface area contributed by atoms with E-state index in [1.165, 1.54) is 0 Å². The molecule has 0 unspecified atom stereocenters. The van der Waals surface area contributed by atoms with Crippen molar-refractivity contribution in [3.63, 3.8) is 0 Å². The average molecular weight is 392 g/mol. The largest absolute Gasteiger partial charge is 0.437 e. The molecule has 0 amide bonds. The van der Waals surface area contributed by atoms with Crippen molar-refractivity contribution in [2.24, 2.45) is 5.84 Å². The Hall–Kier alpha value is -1.08. The summed E-state index contributed by atoms with van der Waals surface area (Å²) in [6.07, 6.45) is 0.653. The van der Waals surface area contributed by atoms with E-state index in [1.807, 2.05) is 6.92 Å². The lowest BCUT2D eigenvalue weighted by Gasteiger charge is -2.13. The normalized spacial score (nSPS) is 10.6. The lowest BCUT2D eigenvalue weighted by Crippen LogP contribution is -2.13. The maximum absolute atomic E-state index is 6.15. The second-order valence-corrected chi connectivity index (χ2v) is 5.88. The molecule has 1 heterocycles. The fourth-order valence-corrected chi connectivity index (χ4v) is 2.46. The van der Waals surface area contributed by atoms with Crippen molar-refractivity contribution >= 4 is 44.9 Å². The van der Waals surface area contributed by atoms with Gasteiger partial charge in [0.2, 0.25) is 5.88 Å². The highest BCUT2D eigenvalue weighted by atomic mass is 79.9. The second-order valence-electron chi connectivity index (χ2n) is 4.22. The van der Waals surface area contributed by atoms with E-state index in [4.69, 9.17) is 33.8 Å². The molecule has 0 atom stereocenters. The molecule has 0 bridgehead atoms. The maximum atomic E-state index is 6.15. The lowest BCUT2D eigenvalue weighted by atomic mass is 10.3. The van der Waals surface area contributed by atoms with E-state index in [0.717, 1.165) is 0 Å². The third kappa shape index (κ3) is 3.58. The summed E-state index contributed by atoms with van der Waals surface area (Å²) in [6, 6.07) is 3.29. The van der Waals surface area contributed by atoms with Gasteiger partial charge >= 0.3 is 0 Å². The number of anilines is 1. The van der Waals surface area contributed by atoms with Gasteiger partial charge in [0.1, 0.15) is 17.4 Å². The molecule has 2 rings (SSSR count). The SMILES string of the molecule is CCc1nc(NN)c(C)c(Oc2cc(Cl)c(Br)cc2Cl)n1. The number of benzene rings is 1. The number of ether oxygens (including phenoxy) is 1. The number of nitrogens with two attached hydrogens (primary N) is 1. The van der Waals surface area contributed by atoms with Gasteiger partial charge in [-0.25, -0.2) is 10.8 Å². The minimum atomic E-state index is 0.384. The first kappa shape index (κ1) is 16.3. The molecule has 8 heteroatoms. The Balaban J connectivity index is 2.46. The van der Waals surface area contributed by atoms with Gasteiger partial charge in [-0.3, -0.25) is 0 Å². The van der Waals surface area contributed by atoms with Crippen LogP contribution in [0.5, 0.6) is 11.6 Å². The number of halogens is 3. The quantitative estimate of drug-likeness (QED) is 0.456. The lowest BCUT2D eigenvalue weighted by molar-refractivity contribution is 0.455. The Bertz CT molecular complexity index is 682. The number of aryl methyl sites for hydroxylation is 1. The first-order valence-electron chi connectivity index (χ1n) is 6.12. The number of hydrogen-bond acceptors (Lipinski definition) is 5. The van der Waals surface area contributed by atoms with Crippen LogP contribution in [0.1, 0.15) is 18.3 Å². The monoisotopic (exact) mass is 390 g/mol. The number of aromatic nitrogens is 2. The molecular formula is C13H13BrCl2N4O. The Labute approximate surface area is 140 Å². The minimum absolute atomic E-state index is 0.384. The van der Waals surface area contributed by atoms with Crippen molar-refractivity contribution in [2.75, 3.05) is 5.43 Å². The fourth-order valence-electron chi connectivity index (χ4n) is 1.62. The molecule has 112 valence electrons. The highest BCUT2D eigenvalue weighted by molar-refractivity contribution is 9.10. The standard InChI is InChI=1S/C13H13BrCl2N4O/c1-3-11-18-12(20-17)6(2)13(19-11)21-10-5-8(15)7(14)4-9(10)16/h4-5H,3,17H2,1-2H3,(H,18,19,20). The maximum Gasteiger partial charge on any atom is 0.227 e. The Morgan fingerprint density at radius 3 is 2.62 bits per heavy atom. The number of hydrazine groups is 1. The van der Waals surface area contributed by atoms with Crippen LogP contribution in [0.2, 0.25) is 10.0 Å². The van der Waals surface area contributed by atoms with Gasteiger partial charge in [0.25, 0.3) is 0 Å². The predicted molar refractivity (Wildman–Crippen MR) is 88.2 cm³/mol. The second kappa shape index (κ2) is 6.79. The Morgan fingerprint density at radius 1 is 1.29 bits per heavy atom. The van der Waals surface area contributed by atoms with Gasteiger partial charge in [-0.05, 0) is 28.9 Å². The van der Waals surface area contributed by atoms with E-state index in [0.29, 0.717) is 49.8 Å². The van der Waals surface area contributed by atoms with Crippen LogP contribution in [-0.4, -0.2) is 9.97 Å². The molecule has 2 aromatic rings. The summed E-state index contributed by atoms with van der Waals surface area (Å²) < 4.78 is 6.47. The summed E-state index contributed by atoms with van der Waals surface area (Å²) in [5, 5.41) is 0.915. The zero-order chi connectivity index (χ0) is 15.6. The fraction of sp³-hybridized carbons (Fsp3) is 0.231. The summed E-state index contributed by atoms with van der Waals surface area (Å²) in [6.45, 7) is 3.75. The smallest absolute Gasteiger partial charge is 0.227 e. The van der Waals surface area contributed by atoms with E-state index < -0.39 is 0 Å². The molecule has 0 aliphatic rings. The molecule has 0 saturated carbocycles. The summed E-state index contributed by atoms with van der Waals surface area (Å²) in [7, 11) is 0. The average Bonchev–Trinajstić information content (AvgIpc) is 2.46. The summed E-state index contributed by atoms with van der Waals surface area (Å²) in [5.41, 5.74) is 3.22. The minimum Gasteiger partial charge on any atom is -0.437 e. The molecular weight excluding hydrogens is 379 g/mol. The zero-order valence-electron chi connectivity index (χ0n) is 11.4. The molecule has 0 spiro atoms. The molecule has 3 N–H and O–H groups in total. The molecule has 0 radical (unpaired) electrons. The van der Waals surface area contributed by atoms with E-state index in [2.05, 4.69) is 31.3 Å². The highest BCUT2D eigenvalue weighted by Gasteiger charge is 2.14. The first-order valence-corrected chi connectivity index (χ1v) is 7.67. The number of nitrogens with zero attached hydrogens (tertiary/aromatic N) is 2. The van der Waals surface area contributed by atoms with Crippen molar-refractivity contribution in [3.05, 3.63) is 38.0 Å². The van der Waals surface area contributed by atoms with Crippen LogP contribution in [0, 0.1) is 6.92 Å². The Kier molecular flexibility index (Phi) is 5.27. The van der Waals surface area contributed by atoms with Crippen molar-refractivity contribution in [3.8, 4) is 11.6 Å². The molecule has 5 nitrogen and oxygen atoms in total. The molecule has 0 aliphatic carbocycles. The number of hydrogen-bond donors (Lipinski definition) is 2. The van der Waals surface area contributed by atoms with Crippen LogP contribution in [0.15, 0.2) is 16.6 Å². The van der Waals surface area contributed by atoms with E-state index in [9.17, 15) is 0 Å². The van der Waals surface area contributed by atoms with Gasteiger partial charge in [-0.2, -0.15) is 4.98 Å². The van der Waals surface area contributed by atoms with Crippen molar-refractivity contribution in [1.29, 1.82) is 0 Å². The van der Waals surface area contributed by atoms with Crippen LogP contribution in [-0.2, 0) is 6.42 Å². The molecule has 0 saturated heterocycles. The van der Waals surface area contributed by atoms with Gasteiger partial charge in [-0.15, -0.1) is 0 Å². The Morgan fingerprint density at radius 2 is 2.00 bits per heavy atom. The third-order valence-electron chi connectivity index (χ3n) is 2.78. The molecule has 0 fully saturated rings. The van der Waals surface area contributed by atoms with Crippen LogP contribution in [0.25, 0.3) is 0 Å². The van der Waals surface area contributed by atoms with Gasteiger partial charge in [0, 0.05) is 17.0 Å². The van der Waals surface area contributed by atoms with Gasteiger partial charge in [-0.1, -0.05) is 30.1 Å². The van der Waals surface area contributed by atoms with Crippen LogP contribution in [0.3, 0.4) is 0 Å². The highest BCUT2D eigenvalue weighted by Crippen LogP contribution is 2.37. The summed E-state index contributed by atoms with van der Waals surface area (Å²) >= 11 is 15.5. The topological polar surface area (TPSA) is 73.1 Å². The molecule has 1 aromatic carbocycles. The first-order chi connectivity index (χ1) is 9.96. The zero-order valence-corrected chi connectivity index (χ0v) is 14.5. The number of nitrogen functional groups attached to an aromatic ring is 1. The van der Waals surface area contributed by atoms with Gasteiger partial charge < -0.3 is 10.2 Å². The van der Waals surface area contributed by atoms with Crippen molar-refractivity contribution in [1.82, 2.24) is 9.97 Å². The molecule has 0 aliphatic heterocycles. The van der Waals surface area contributed by atoms with Crippen molar-refractivity contribution in [2.45, 2.75) is 20.3 Å². The molecule has 1 aromatic heterocycles. The predicted octanol–water partition coefficient (Wildman–Crippen LogP) is 4.49. The van der Waals surface area contributed by atoms with E-state index >= 15 is 0 Å². The van der Waals surface area contributed by atoms with Crippen LogP contribution in [0.4, 0.5) is 5.82 Å². The number of rotatable bonds is 4. The van der Waals surface area contributed by atoms with Crippen LogP contribution >= 0.6 is 39.1 Å². The third-order valence-corrected chi connectivity index (χ3v) is 4.27. The number of nitrogens with one attached hydrogen (secondary N) is 1. The van der Waals surface area contributed by atoms with E-state index in [1.54, 1.807) is 19.1 Å². The van der Waals surface area contributed by atoms with Gasteiger partial charge in [0.15, 0.2) is 0 Å². The van der Waals surface area contributed by atoms with Crippen molar-refractivity contribution < 1.29 is 4.74 Å². The van der Waals surface area contributed by atoms with Crippen LogP contribution < -0.4 is 16.0 Å². The summed E-state index contributed by atoms with van der Waals surface area (Å²) in [5.74, 6) is 7.38. The summed E-state index contributed by atoms with van der Waals surface area (Å²) in [4.78, 5) is 8.62. The van der Waals surface area contributed by atoms with E-state index in [-0.39, 0.29) is 0 Å². The van der Waals surface area contributed by atoms with Gasteiger partial charge in [0.05, 0.1) is 15.6 Å². The molecule has 21 heavy (non-hydrogen) atoms.